The molecule has 0 saturated heterocycles. The Hall–Kier alpha value is -1.14. The van der Waals surface area contributed by atoms with E-state index in [2.05, 4.69) is 22.0 Å². The first-order valence-corrected chi connectivity index (χ1v) is 6.18. The molecule has 0 aromatic heterocycles. The molecule has 1 saturated carbocycles. The number of ketones is 1. The largest absolute Gasteiger partial charge is 0.298 e. The lowest BCUT2D eigenvalue weighted by molar-refractivity contribution is -0.119. The summed E-state index contributed by atoms with van der Waals surface area (Å²) in [5.41, 5.74) is 0.794. The van der Waals surface area contributed by atoms with E-state index in [9.17, 15) is 4.79 Å². The van der Waals surface area contributed by atoms with E-state index in [4.69, 9.17) is 5.26 Å². The maximum absolute atomic E-state index is 11.9. The van der Waals surface area contributed by atoms with E-state index in [1.54, 1.807) is 0 Å². The Morgan fingerprint density at radius 3 is 2.88 bits per heavy atom. The van der Waals surface area contributed by atoms with Crippen LogP contribution in [0.4, 0.5) is 0 Å². The molecule has 0 bridgehead atoms. The molecule has 1 aliphatic carbocycles. The SMILES string of the molecule is N#CC(C(=O)CC1CC1)c1cccc(Br)c1. The maximum Gasteiger partial charge on any atom is 0.154 e. The third-order valence-electron chi connectivity index (χ3n) is 2.82. The van der Waals surface area contributed by atoms with Gasteiger partial charge in [0.05, 0.1) is 6.07 Å². The van der Waals surface area contributed by atoms with Gasteiger partial charge in [-0.25, -0.2) is 0 Å². The molecule has 16 heavy (non-hydrogen) atoms. The summed E-state index contributed by atoms with van der Waals surface area (Å²) >= 11 is 3.35. The number of rotatable bonds is 4. The van der Waals surface area contributed by atoms with Gasteiger partial charge < -0.3 is 0 Å². The highest BCUT2D eigenvalue weighted by molar-refractivity contribution is 9.10. The normalized spacial score (nSPS) is 16.5. The fraction of sp³-hybridized carbons (Fsp3) is 0.385. The third kappa shape index (κ3) is 2.70. The summed E-state index contributed by atoms with van der Waals surface area (Å²) in [7, 11) is 0. The summed E-state index contributed by atoms with van der Waals surface area (Å²) in [6, 6.07) is 9.54. The lowest BCUT2D eigenvalue weighted by Gasteiger charge is -2.08. The van der Waals surface area contributed by atoms with Crippen molar-refractivity contribution in [1.82, 2.24) is 0 Å². The first kappa shape index (κ1) is 11.3. The number of carbonyl (C=O) groups is 1. The number of hydrogen-bond acceptors (Lipinski definition) is 2. The molecule has 82 valence electrons. The highest BCUT2D eigenvalue weighted by atomic mass is 79.9. The summed E-state index contributed by atoms with van der Waals surface area (Å²) in [6.45, 7) is 0. The first-order chi connectivity index (χ1) is 7.70. The number of halogens is 1. The van der Waals surface area contributed by atoms with Gasteiger partial charge in [-0.15, -0.1) is 0 Å². The van der Waals surface area contributed by atoms with Gasteiger partial charge in [-0.2, -0.15) is 5.26 Å². The van der Waals surface area contributed by atoms with Gasteiger partial charge >= 0.3 is 0 Å². The van der Waals surface area contributed by atoms with Gasteiger partial charge in [-0.1, -0.05) is 28.1 Å². The van der Waals surface area contributed by atoms with Crippen molar-refractivity contribution in [3.05, 3.63) is 34.3 Å². The molecule has 2 nitrogen and oxygen atoms in total. The molecule has 2 rings (SSSR count). The van der Waals surface area contributed by atoms with Gasteiger partial charge in [0.1, 0.15) is 5.92 Å². The van der Waals surface area contributed by atoms with Crippen molar-refractivity contribution < 1.29 is 4.79 Å². The van der Waals surface area contributed by atoms with Crippen LogP contribution >= 0.6 is 15.9 Å². The molecule has 0 radical (unpaired) electrons. The van der Waals surface area contributed by atoms with E-state index < -0.39 is 5.92 Å². The minimum Gasteiger partial charge on any atom is -0.298 e. The standard InChI is InChI=1S/C13H12BrNO/c14-11-3-1-2-10(7-11)12(8-15)13(16)6-9-4-5-9/h1-3,7,9,12H,4-6H2. The van der Waals surface area contributed by atoms with Gasteiger partial charge in [0.25, 0.3) is 0 Å². The van der Waals surface area contributed by atoms with E-state index >= 15 is 0 Å². The fourth-order valence-electron chi connectivity index (χ4n) is 1.74. The molecule has 1 aromatic rings. The molecule has 1 fully saturated rings. The summed E-state index contributed by atoms with van der Waals surface area (Å²) in [5.74, 6) is -0.00305. The highest BCUT2D eigenvalue weighted by Crippen LogP contribution is 2.35. The monoisotopic (exact) mass is 277 g/mol. The number of benzene rings is 1. The number of Topliss-reactive ketones (excluding diaryl/α,β-unsaturated/α-hetero) is 1. The molecule has 1 atom stereocenters. The maximum atomic E-state index is 11.9. The van der Waals surface area contributed by atoms with E-state index in [1.807, 2.05) is 24.3 Å². The van der Waals surface area contributed by atoms with Crippen LogP contribution in [0.5, 0.6) is 0 Å². The summed E-state index contributed by atoms with van der Waals surface area (Å²) in [5, 5.41) is 9.09. The molecule has 3 heteroatoms. The molecular formula is C13H12BrNO. The van der Waals surface area contributed by atoms with Crippen molar-refractivity contribution >= 4 is 21.7 Å². The first-order valence-electron chi connectivity index (χ1n) is 5.38. The van der Waals surface area contributed by atoms with Crippen LogP contribution < -0.4 is 0 Å². The lowest BCUT2D eigenvalue weighted by Crippen LogP contribution is -2.11. The van der Waals surface area contributed by atoms with Crippen LogP contribution in [0.1, 0.15) is 30.7 Å². The highest BCUT2D eigenvalue weighted by Gasteiger charge is 2.29. The van der Waals surface area contributed by atoms with E-state index in [0.29, 0.717) is 12.3 Å². The van der Waals surface area contributed by atoms with Crippen LogP contribution in [-0.2, 0) is 4.79 Å². The number of nitrogens with zero attached hydrogens (tertiary/aromatic N) is 1. The van der Waals surface area contributed by atoms with E-state index in [1.165, 1.54) is 0 Å². The molecule has 1 aliphatic rings. The fourth-order valence-corrected chi connectivity index (χ4v) is 2.16. The van der Waals surface area contributed by atoms with Gasteiger partial charge in [-0.3, -0.25) is 4.79 Å². The zero-order valence-corrected chi connectivity index (χ0v) is 10.4. The van der Waals surface area contributed by atoms with Crippen LogP contribution in [0, 0.1) is 17.2 Å². The van der Waals surface area contributed by atoms with Crippen LogP contribution in [0.15, 0.2) is 28.7 Å². The number of hydrogen-bond donors (Lipinski definition) is 0. The smallest absolute Gasteiger partial charge is 0.154 e. The Morgan fingerprint density at radius 2 is 2.31 bits per heavy atom. The molecule has 0 heterocycles. The average molecular weight is 278 g/mol. The topological polar surface area (TPSA) is 40.9 Å². The number of nitriles is 1. The minimum atomic E-state index is -0.599. The van der Waals surface area contributed by atoms with E-state index in [0.717, 1.165) is 22.9 Å². The van der Waals surface area contributed by atoms with Gasteiger partial charge in [0, 0.05) is 10.9 Å². The van der Waals surface area contributed by atoms with Crippen molar-refractivity contribution in [3.8, 4) is 6.07 Å². The Bertz CT molecular complexity index is 445. The summed E-state index contributed by atoms with van der Waals surface area (Å²) in [6.07, 6.45) is 2.84. The Labute approximate surface area is 103 Å². The van der Waals surface area contributed by atoms with Crippen LogP contribution in [-0.4, -0.2) is 5.78 Å². The molecule has 0 aliphatic heterocycles. The Balaban J connectivity index is 2.15. The third-order valence-corrected chi connectivity index (χ3v) is 3.31. The van der Waals surface area contributed by atoms with Crippen LogP contribution in [0.2, 0.25) is 0 Å². The van der Waals surface area contributed by atoms with Crippen molar-refractivity contribution in [1.29, 1.82) is 5.26 Å². The van der Waals surface area contributed by atoms with E-state index in [-0.39, 0.29) is 5.78 Å². The molecule has 0 N–H and O–H groups in total. The van der Waals surface area contributed by atoms with Gasteiger partial charge in [-0.05, 0) is 36.5 Å². The molecular weight excluding hydrogens is 266 g/mol. The predicted octanol–water partition coefficient (Wildman–Crippen LogP) is 3.43. The lowest BCUT2D eigenvalue weighted by atomic mass is 9.93. The minimum absolute atomic E-state index is 0.0584. The zero-order chi connectivity index (χ0) is 11.5. The Kier molecular flexibility index (Phi) is 3.40. The Morgan fingerprint density at radius 1 is 1.56 bits per heavy atom. The van der Waals surface area contributed by atoms with Gasteiger partial charge in [0.15, 0.2) is 5.78 Å². The molecule has 0 spiro atoms. The van der Waals surface area contributed by atoms with Crippen molar-refractivity contribution in [2.24, 2.45) is 5.92 Å². The quantitative estimate of drug-likeness (QED) is 0.846. The van der Waals surface area contributed by atoms with Crippen molar-refractivity contribution in [2.45, 2.75) is 25.2 Å². The molecule has 1 aromatic carbocycles. The van der Waals surface area contributed by atoms with Crippen molar-refractivity contribution in [2.75, 3.05) is 0 Å². The second kappa shape index (κ2) is 4.80. The second-order valence-corrected chi connectivity index (χ2v) is 5.15. The summed E-state index contributed by atoms with van der Waals surface area (Å²) < 4.78 is 0.907. The predicted molar refractivity (Wildman–Crippen MR) is 64.8 cm³/mol. The number of carbonyl (C=O) groups excluding carboxylic acids is 1. The second-order valence-electron chi connectivity index (χ2n) is 4.23. The summed E-state index contributed by atoms with van der Waals surface area (Å²) in [4.78, 5) is 11.9. The van der Waals surface area contributed by atoms with Crippen LogP contribution in [0.3, 0.4) is 0 Å². The molecule has 1 unspecified atom stereocenters. The average Bonchev–Trinajstić information content (AvgIpc) is 3.03. The van der Waals surface area contributed by atoms with Crippen LogP contribution in [0.25, 0.3) is 0 Å². The molecule has 0 amide bonds. The van der Waals surface area contributed by atoms with Gasteiger partial charge in [0.2, 0.25) is 0 Å². The zero-order valence-electron chi connectivity index (χ0n) is 8.82. The van der Waals surface area contributed by atoms with Crippen molar-refractivity contribution in [3.63, 3.8) is 0 Å².